The second-order valence-corrected chi connectivity index (χ2v) is 7.30. The van der Waals surface area contributed by atoms with Crippen molar-refractivity contribution >= 4 is 39.5 Å². The number of anilines is 1. The molecule has 3 aromatic carbocycles. The molecular formula is C24H21BrN2O4. The van der Waals surface area contributed by atoms with Crippen LogP contribution in [0.25, 0.3) is 6.08 Å². The molecular weight excluding hydrogens is 460 g/mol. The first-order valence-corrected chi connectivity index (χ1v) is 10.2. The number of hydrogen-bond acceptors (Lipinski definition) is 4. The molecule has 7 heteroatoms. The summed E-state index contributed by atoms with van der Waals surface area (Å²) in [7, 11) is 3.15. The van der Waals surface area contributed by atoms with E-state index in [4.69, 9.17) is 9.47 Å². The summed E-state index contributed by atoms with van der Waals surface area (Å²) in [6.07, 6.45) is 1.60. The molecule has 0 bridgehead atoms. The molecule has 0 heterocycles. The maximum absolute atomic E-state index is 13.0. The quantitative estimate of drug-likeness (QED) is 0.472. The van der Waals surface area contributed by atoms with E-state index in [0.29, 0.717) is 27.2 Å². The van der Waals surface area contributed by atoms with Crippen LogP contribution in [0.1, 0.15) is 15.9 Å². The lowest BCUT2D eigenvalue weighted by Gasteiger charge is -2.12. The van der Waals surface area contributed by atoms with Gasteiger partial charge in [0.05, 0.1) is 19.8 Å². The maximum Gasteiger partial charge on any atom is 0.272 e. The molecule has 0 aliphatic rings. The SMILES string of the molecule is COc1ccc(C=C(NC(=O)c2ccccc2Br)C(=O)Nc2ccc(OC)cc2)cc1. The van der Waals surface area contributed by atoms with E-state index in [0.717, 1.165) is 5.56 Å². The Hall–Kier alpha value is -3.58. The van der Waals surface area contributed by atoms with E-state index in [2.05, 4.69) is 26.6 Å². The van der Waals surface area contributed by atoms with Crippen LogP contribution in [0.4, 0.5) is 5.69 Å². The van der Waals surface area contributed by atoms with Crippen molar-refractivity contribution in [2.24, 2.45) is 0 Å². The highest BCUT2D eigenvalue weighted by Crippen LogP contribution is 2.19. The zero-order chi connectivity index (χ0) is 22.2. The van der Waals surface area contributed by atoms with Crippen molar-refractivity contribution in [1.82, 2.24) is 5.32 Å². The Labute approximate surface area is 189 Å². The fourth-order valence-corrected chi connectivity index (χ4v) is 3.20. The van der Waals surface area contributed by atoms with Gasteiger partial charge in [0, 0.05) is 10.2 Å². The number of methoxy groups -OCH3 is 2. The smallest absolute Gasteiger partial charge is 0.272 e. The molecule has 0 aliphatic carbocycles. The minimum absolute atomic E-state index is 0.0988. The van der Waals surface area contributed by atoms with Crippen molar-refractivity contribution in [3.05, 3.63) is 94.1 Å². The van der Waals surface area contributed by atoms with Crippen LogP contribution >= 0.6 is 15.9 Å². The van der Waals surface area contributed by atoms with Gasteiger partial charge in [-0.25, -0.2) is 0 Å². The molecule has 31 heavy (non-hydrogen) atoms. The molecule has 2 amide bonds. The van der Waals surface area contributed by atoms with Crippen LogP contribution in [0.15, 0.2) is 83.0 Å². The van der Waals surface area contributed by atoms with Crippen molar-refractivity contribution < 1.29 is 19.1 Å². The van der Waals surface area contributed by atoms with Gasteiger partial charge in [-0.2, -0.15) is 0 Å². The van der Waals surface area contributed by atoms with E-state index in [1.165, 1.54) is 0 Å². The predicted molar refractivity (Wildman–Crippen MR) is 124 cm³/mol. The van der Waals surface area contributed by atoms with Gasteiger partial charge in [0.25, 0.3) is 11.8 Å². The lowest BCUT2D eigenvalue weighted by atomic mass is 10.1. The normalized spacial score (nSPS) is 10.9. The highest BCUT2D eigenvalue weighted by Gasteiger charge is 2.16. The highest BCUT2D eigenvalue weighted by molar-refractivity contribution is 9.10. The molecule has 158 valence electrons. The summed E-state index contributed by atoms with van der Waals surface area (Å²) >= 11 is 3.37. The maximum atomic E-state index is 13.0. The van der Waals surface area contributed by atoms with Gasteiger partial charge in [-0.3, -0.25) is 9.59 Å². The topological polar surface area (TPSA) is 76.7 Å². The number of benzene rings is 3. The minimum Gasteiger partial charge on any atom is -0.497 e. The van der Waals surface area contributed by atoms with Gasteiger partial charge in [0.1, 0.15) is 17.2 Å². The average Bonchev–Trinajstić information content (AvgIpc) is 2.79. The van der Waals surface area contributed by atoms with E-state index in [9.17, 15) is 9.59 Å². The molecule has 2 N–H and O–H groups in total. The molecule has 0 unspecified atom stereocenters. The van der Waals surface area contributed by atoms with Crippen LogP contribution in [0, 0.1) is 0 Å². The molecule has 0 fully saturated rings. The Morgan fingerprint density at radius 2 is 1.42 bits per heavy atom. The second-order valence-electron chi connectivity index (χ2n) is 6.45. The second kappa shape index (κ2) is 10.4. The monoisotopic (exact) mass is 480 g/mol. The summed E-state index contributed by atoms with van der Waals surface area (Å²) in [5.74, 6) is 0.506. The summed E-state index contributed by atoms with van der Waals surface area (Å²) < 4.78 is 10.9. The van der Waals surface area contributed by atoms with Crippen LogP contribution in [0.3, 0.4) is 0 Å². The molecule has 0 aliphatic heterocycles. The number of amides is 2. The van der Waals surface area contributed by atoms with Crippen molar-refractivity contribution in [2.45, 2.75) is 0 Å². The van der Waals surface area contributed by atoms with E-state index >= 15 is 0 Å². The molecule has 0 saturated heterocycles. The van der Waals surface area contributed by atoms with E-state index in [-0.39, 0.29) is 5.70 Å². The number of hydrogen-bond donors (Lipinski definition) is 2. The molecule has 0 aromatic heterocycles. The minimum atomic E-state index is -0.457. The zero-order valence-corrected chi connectivity index (χ0v) is 18.6. The van der Waals surface area contributed by atoms with E-state index in [1.807, 2.05) is 6.07 Å². The fraction of sp³-hybridized carbons (Fsp3) is 0.0833. The van der Waals surface area contributed by atoms with Crippen LogP contribution in [-0.2, 0) is 4.79 Å². The van der Waals surface area contributed by atoms with Gasteiger partial charge in [-0.1, -0.05) is 24.3 Å². The Kier molecular flexibility index (Phi) is 7.45. The summed E-state index contributed by atoms with van der Waals surface area (Å²) in [6, 6.07) is 21.1. The van der Waals surface area contributed by atoms with Gasteiger partial charge >= 0.3 is 0 Å². The Morgan fingerprint density at radius 3 is 2.00 bits per heavy atom. The lowest BCUT2D eigenvalue weighted by Crippen LogP contribution is -2.31. The first-order valence-electron chi connectivity index (χ1n) is 9.37. The summed E-state index contributed by atoms with van der Waals surface area (Å²) in [6.45, 7) is 0. The van der Waals surface area contributed by atoms with Crippen LogP contribution < -0.4 is 20.1 Å². The number of carbonyl (C=O) groups is 2. The van der Waals surface area contributed by atoms with Gasteiger partial charge < -0.3 is 20.1 Å². The van der Waals surface area contributed by atoms with Crippen LogP contribution in [0.2, 0.25) is 0 Å². The number of ether oxygens (including phenoxy) is 2. The molecule has 6 nitrogen and oxygen atoms in total. The van der Waals surface area contributed by atoms with E-state index in [1.54, 1.807) is 87.0 Å². The third-order valence-electron chi connectivity index (χ3n) is 4.39. The lowest BCUT2D eigenvalue weighted by molar-refractivity contribution is -0.113. The summed E-state index contributed by atoms with van der Waals surface area (Å²) in [5, 5.41) is 5.51. The first-order chi connectivity index (χ1) is 15.0. The third kappa shape index (κ3) is 5.96. The molecule has 3 rings (SSSR count). The average molecular weight is 481 g/mol. The first kappa shape index (κ1) is 22.1. The highest BCUT2D eigenvalue weighted by atomic mass is 79.9. The van der Waals surface area contributed by atoms with Crippen molar-refractivity contribution in [3.63, 3.8) is 0 Å². The molecule has 0 radical (unpaired) electrons. The zero-order valence-electron chi connectivity index (χ0n) is 17.0. The van der Waals surface area contributed by atoms with Crippen LogP contribution in [-0.4, -0.2) is 26.0 Å². The van der Waals surface area contributed by atoms with E-state index < -0.39 is 11.8 Å². The Bertz CT molecular complexity index is 1090. The molecule has 3 aromatic rings. The van der Waals surface area contributed by atoms with Gasteiger partial charge in [-0.05, 0) is 76.1 Å². The molecule has 0 spiro atoms. The third-order valence-corrected chi connectivity index (χ3v) is 5.08. The summed E-state index contributed by atoms with van der Waals surface area (Å²) in [4.78, 5) is 25.8. The predicted octanol–water partition coefficient (Wildman–Crippen LogP) is 4.88. The largest absolute Gasteiger partial charge is 0.497 e. The Morgan fingerprint density at radius 1 is 0.839 bits per heavy atom. The number of rotatable bonds is 7. The number of carbonyl (C=O) groups excluding carboxylic acids is 2. The van der Waals surface area contributed by atoms with Gasteiger partial charge in [-0.15, -0.1) is 0 Å². The number of halogens is 1. The fourth-order valence-electron chi connectivity index (χ4n) is 2.73. The summed E-state index contributed by atoms with van der Waals surface area (Å²) in [5.41, 5.74) is 1.82. The molecule has 0 atom stereocenters. The molecule has 0 saturated carbocycles. The van der Waals surface area contributed by atoms with Crippen LogP contribution in [0.5, 0.6) is 11.5 Å². The van der Waals surface area contributed by atoms with Gasteiger partial charge in [0.2, 0.25) is 0 Å². The Balaban J connectivity index is 1.88. The standard InChI is InChI=1S/C24H21BrN2O4/c1-30-18-11-7-16(8-12-18)15-22(27-23(28)20-5-3-4-6-21(20)25)24(29)26-17-9-13-19(31-2)14-10-17/h3-15H,1-2H3,(H,26,29)(H,27,28). The van der Waals surface area contributed by atoms with Crippen molar-refractivity contribution in [1.29, 1.82) is 0 Å². The van der Waals surface area contributed by atoms with Gasteiger partial charge in [0.15, 0.2) is 0 Å². The number of nitrogens with one attached hydrogen (secondary N) is 2. The van der Waals surface area contributed by atoms with Crippen molar-refractivity contribution in [2.75, 3.05) is 19.5 Å². The van der Waals surface area contributed by atoms with Crippen molar-refractivity contribution in [3.8, 4) is 11.5 Å².